The van der Waals surface area contributed by atoms with Crippen molar-refractivity contribution in [1.82, 2.24) is 0 Å². The number of anilines is 1. The Hall–Kier alpha value is -5.08. The summed E-state index contributed by atoms with van der Waals surface area (Å²) >= 11 is 3.60. The number of aromatic hydroxyl groups is 1. The van der Waals surface area contributed by atoms with Gasteiger partial charge in [0.1, 0.15) is 0 Å². The van der Waals surface area contributed by atoms with Crippen molar-refractivity contribution < 1.29 is 29.0 Å². The van der Waals surface area contributed by atoms with E-state index < -0.39 is 35.0 Å². The maximum atomic E-state index is 15.2. The van der Waals surface area contributed by atoms with Crippen LogP contribution in [0.25, 0.3) is 5.57 Å². The summed E-state index contributed by atoms with van der Waals surface area (Å²) in [4.78, 5) is 60.3. The first-order valence-electron chi connectivity index (χ1n) is 17.3. The van der Waals surface area contributed by atoms with Crippen molar-refractivity contribution >= 4 is 50.6 Å². The summed E-state index contributed by atoms with van der Waals surface area (Å²) in [7, 11) is 1.46. The number of nitrogens with zero attached hydrogens (tertiary/aromatic N) is 1. The lowest BCUT2D eigenvalue weighted by Gasteiger charge is -2.55. The van der Waals surface area contributed by atoms with Crippen LogP contribution in [0.15, 0.2) is 119 Å². The fourth-order valence-corrected chi connectivity index (χ4v) is 9.78. The molecule has 6 unspecified atom stereocenters. The van der Waals surface area contributed by atoms with Gasteiger partial charge in [0.2, 0.25) is 11.8 Å². The quantitative estimate of drug-likeness (QED) is 0.160. The van der Waals surface area contributed by atoms with E-state index in [0.29, 0.717) is 32.4 Å². The highest BCUT2D eigenvalue weighted by atomic mass is 79.9. The highest BCUT2D eigenvalue weighted by Crippen LogP contribution is 2.65. The van der Waals surface area contributed by atoms with E-state index in [1.54, 1.807) is 12.1 Å². The lowest BCUT2D eigenvalue weighted by atomic mass is 9.44. The number of fused-ring (bicyclic) bond motifs is 4. The van der Waals surface area contributed by atoms with E-state index in [4.69, 9.17) is 4.74 Å². The minimum atomic E-state index is -1.46. The van der Waals surface area contributed by atoms with E-state index >= 15 is 9.59 Å². The highest BCUT2D eigenvalue weighted by molar-refractivity contribution is 9.10. The van der Waals surface area contributed by atoms with Gasteiger partial charge in [-0.1, -0.05) is 107 Å². The molecule has 1 saturated carbocycles. The molecule has 4 aromatic rings. The van der Waals surface area contributed by atoms with E-state index in [-0.39, 0.29) is 47.7 Å². The third-order valence-electron chi connectivity index (χ3n) is 11.6. The molecule has 1 heterocycles. The summed E-state index contributed by atoms with van der Waals surface area (Å²) in [6.07, 6.45) is 4.76. The van der Waals surface area contributed by atoms with Crippen LogP contribution in [0, 0.1) is 23.7 Å². The number of hydrogen-bond donors (Lipinski definition) is 1. The maximum Gasteiger partial charge on any atom is 0.238 e. The van der Waals surface area contributed by atoms with Gasteiger partial charge in [0.05, 0.1) is 30.0 Å². The minimum absolute atomic E-state index is 0.145. The molecule has 2 amide bonds. The Balaban J connectivity index is 1.37. The van der Waals surface area contributed by atoms with E-state index in [0.717, 1.165) is 17.6 Å². The summed E-state index contributed by atoms with van der Waals surface area (Å²) < 4.78 is 6.22. The second-order valence-electron chi connectivity index (χ2n) is 13.9. The largest absolute Gasteiger partial charge is 0.504 e. The number of phenolic OH excluding ortho intramolecular Hbond substituents is 1. The smallest absolute Gasteiger partial charge is 0.238 e. The molecule has 51 heavy (non-hydrogen) atoms. The van der Waals surface area contributed by atoms with Gasteiger partial charge in [0.25, 0.3) is 0 Å². The first kappa shape index (κ1) is 33.1. The number of ether oxygens (including phenoxy) is 1. The second kappa shape index (κ2) is 12.6. The van der Waals surface area contributed by atoms with Crippen molar-refractivity contribution in [2.45, 2.75) is 37.5 Å². The lowest BCUT2D eigenvalue weighted by Crippen LogP contribution is -2.58. The number of imide groups is 1. The number of hydrogen-bond acceptors (Lipinski definition) is 6. The molecule has 1 saturated heterocycles. The number of aryl methyl sites for hydroxylation is 1. The molecule has 2 fully saturated rings. The zero-order chi connectivity index (χ0) is 35.6. The molecule has 1 aliphatic heterocycles. The summed E-state index contributed by atoms with van der Waals surface area (Å²) in [5.74, 6) is -4.66. The number of ketones is 2. The van der Waals surface area contributed by atoms with Crippen LogP contribution >= 0.6 is 15.9 Å². The first-order valence-corrected chi connectivity index (χ1v) is 18.1. The monoisotopic (exact) mass is 741 g/mol. The van der Waals surface area contributed by atoms with Crippen LogP contribution in [0.2, 0.25) is 0 Å². The maximum absolute atomic E-state index is 15.2. The number of methoxy groups -OCH3 is 1. The van der Waals surface area contributed by atoms with Crippen LogP contribution in [-0.4, -0.2) is 35.6 Å². The summed E-state index contributed by atoms with van der Waals surface area (Å²) in [6.45, 7) is 2.05. The van der Waals surface area contributed by atoms with Crippen LogP contribution in [0.1, 0.15) is 47.9 Å². The van der Waals surface area contributed by atoms with Crippen LogP contribution in [0.4, 0.5) is 5.69 Å². The second-order valence-corrected chi connectivity index (χ2v) is 14.8. The number of carbonyl (C=O) groups excluding carboxylic acids is 4. The van der Waals surface area contributed by atoms with Crippen molar-refractivity contribution in [3.63, 3.8) is 0 Å². The third-order valence-corrected chi connectivity index (χ3v) is 12.0. The number of benzene rings is 4. The van der Waals surface area contributed by atoms with Crippen LogP contribution in [0.5, 0.6) is 11.5 Å². The van der Waals surface area contributed by atoms with Gasteiger partial charge in [-0.15, -0.1) is 0 Å². The normalized spacial score (nSPS) is 27.0. The number of Topliss-reactive ketones (excluding diaryl/α,β-unsaturated/α-hetero) is 1. The average Bonchev–Trinajstić information content (AvgIpc) is 3.42. The van der Waals surface area contributed by atoms with Crippen molar-refractivity contribution in [1.29, 1.82) is 0 Å². The molecule has 0 spiro atoms. The van der Waals surface area contributed by atoms with Gasteiger partial charge in [-0.05, 0) is 72.2 Å². The molecule has 6 atom stereocenters. The fourth-order valence-electron chi connectivity index (χ4n) is 9.32. The zero-order valence-electron chi connectivity index (χ0n) is 28.2. The highest BCUT2D eigenvalue weighted by Gasteiger charge is 2.66. The van der Waals surface area contributed by atoms with Gasteiger partial charge < -0.3 is 9.84 Å². The van der Waals surface area contributed by atoms with Crippen molar-refractivity contribution in [3.8, 4) is 11.5 Å². The molecule has 0 bridgehead atoms. The Morgan fingerprint density at radius 3 is 2.24 bits per heavy atom. The number of amides is 2. The molecule has 1 N–H and O–H groups in total. The number of rotatable bonds is 6. The third kappa shape index (κ3) is 4.90. The Morgan fingerprint density at radius 2 is 1.57 bits per heavy atom. The number of halogens is 1. The zero-order valence-corrected chi connectivity index (χ0v) is 29.8. The Labute approximate surface area is 304 Å². The molecule has 4 aromatic carbocycles. The number of phenols is 1. The molecule has 0 aromatic heterocycles. The van der Waals surface area contributed by atoms with Gasteiger partial charge in [0, 0.05) is 27.4 Å². The Morgan fingerprint density at radius 1 is 0.882 bits per heavy atom. The standard InChI is InChI=1S/C43H36BrNO6/c1-3-24-14-16-28(17-15-24)45-41(49)30-19-18-29-32(37(30)42(45)50)22-34-39(47)31(25-10-6-4-7-11-25)23-36(46)43(34,26-12-8-5-9-13-26)38(29)33-20-27(44)21-35(51-2)40(33)48/h4-18,20-21,23,30,32,34,37-38,48H,3,19,22H2,1-2H3. The summed E-state index contributed by atoms with van der Waals surface area (Å²) in [5.41, 5.74) is 2.94. The molecule has 4 aliphatic rings. The van der Waals surface area contributed by atoms with Crippen LogP contribution in [0.3, 0.4) is 0 Å². The molecular formula is C43H36BrNO6. The predicted molar refractivity (Wildman–Crippen MR) is 197 cm³/mol. The molecule has 8 rings (SSSR count). The van der Waals surface area contributed by atoms with Gasteiger partial charge in [-0.3, -0.25) is 24.1 Å². The average molecular weight is 743 g/mol. The van der Waals surface area contributed by atoms with Crippen molar-refractivity contribution in [2.75, 3.05) is 12.0 Å². The van der Waals surface area contributed by atoms with Gasteiger partial charge in [-0.2, -0.15) is 0 Å². The van der Waals surface area contributed by atoms with Crippen LogP contribution in [-0.2, 0) is 31.0 Å². The Kier molecular flexibility index (Phi) is 8.18. The molecular weight excluding hydrogens is 706 g/mol. The number of carbonyl (C=O) groups is 4. The summed E-state index contributed by atoms with van der Waals surface area (Å²) in [5, 5.41) is 11.9. The SMILES string of the molecule is CCc1ccc(N2C(=O)C3CC=C4C(CC5C(=O)C(c6ccccc6)=CC(=O)C5(c5ccccc5)C4c4cc(Br)cc(OC)c4O)C3C2=O)cc1. The predicted octanol–water partition coefficient (Wildman–Crippen LogP) is 7.75. The van der Waals surface area contributed by atoms with Crippen LogP contribution < -0.4 is 9.64 Å². The van der Waals surface area contributed by atoms with E-state index in [1.165, 1.54) is 18.1 Å². The molecule has 8 heteroatoms. The molecule has 3 aliphatic carbocycles. The van der Waals surface area contributed by atoms with E-state index in [1.807, 2.05) is 97.9 Å². The molecule has 7 nitrogen and oxygen atoms in total. The van der Waals surface area contributed by atoms with E-state index in [9.17, 15) is 14.7 Å². The molecule has 0 radical (unpaired) electrons. The Bertz CT molecular complexity index is 2160. The van der Waals surface area contributed by atoms with Gasteiger partial charge >= 0.3 is 0 Å². The fraction of sp³-hybridized carbons (Fsp3) is 0.256. The van der Waals surface area contributed by atoms with Gasteiger partial charge in [0.15, 0.2) is 23.1 Å². The van der Waals surface area contributed by atoms with Crippen molar-refractivity contribution in [2.24, 2.45) is 23.7 Å². The number of allylic oxidation sites excluding steroid dienone is 4. The minimum Gasteiger partial charge on any atom is -0.504 e. The van der Waals surface area contributed by atoms with Crippen molar-refractivity contribution in [3.05, 3.63) is 142 Å². The lowest BCUT2D eigenvalue weighted by molar-refractivity contribution is -0.135. The van der Waals surface area contributed by atoms with E-state index in [2.05, 4.69) is 15.9 Å². The topological polar surface area (TPSA) is 101 Å². The summed E-state index contributed by atoms with van der Waals surface area (Å²) in [6, 6.07) is 29.4. The molecule has 256 valence electrons. The van der Waals surface area contributed by atoms with Gasteiger partial charge in [-0.25, -0.2) is 0 Å². The first-order chi connectivity index (χ1) is 24.7.